The molecular formula is C22H21F3N4O3S. The first kappa shape index (κ1) is 24.2. The number of aromatic nitrogens is 2. The fourth-order valence-corrected chi connectivity index (χ4v) is 3.83. The van der Waals surface area contributed by atoms with Crippen LogP contribution in [0.25, 0.3) is 11.3 Å². The third-order valence-electron chi connectivity index (χ3n) is 4.35. The number of ether oxygens (including phenoxy) is 1. The fraction of sp³-hybridized carbons (Fsp3) is 0.227. The zero-order valence-electron chi connectivity index (χ0n) is 17.8. The van der Waals surface area contributed by atoms with Crippen molar-refractivity contribution in [3.05, 3.63) is 54.7 Å². The van der Waals surface area contributed by atoms with E-state index in [0.29, 0.717) is 28.4 Å². The van der Waals surface area contributed by atoms with Crippen LogP contribution in [0.2, 0.25) is 0 Å². The molecule has 0 atom stereocenters. The number of carbonyl (C=O) groups is 2. The predicted molar refractivity (Wildman–Crippen MR) is 120 cm³/mol. The van der Waals surface area contributed by atoms with Crippen molar-refractivity contribution in [2.45, 2.75) is 24.8 Å². The number of nitrogens with one attached hydrogen (secondary N) is 2. The summed E-state index contributed by atoms with van der Waals surface area (Å²) >= 11 is 0.888. The average Bonchev–Trinajstić information content (AvgIpc) is 3.13. The molecule has 2 aromatic carbocycles. The second-order valence-electron chi connectivity index (χ2n) is 6.93. The Morgan fingerprint density at radius 1 is 1.12 bits per heavy atom. The molecule has 0 unspecified atom stereocenters. The molecule has 0 saturated heterocycles. The highest BCUT2D eigenvalue weighted by atomic mass is 32.2. The number of alkyl halides is 3. The van der Waals surface area contributed by atoms with E-state index in [4.69, 9.17) is 4.74 Å². The van der Waals surface area contributed by atoms with Gasteiger partial charge < -0.3 is 19.9 Å². The van der Waals surface area contributed by atoms with Crippen LogP contribution in [-0.2, 0) is 16.1 Å². The van der Waals surface area contributed by atoms with Crippen molar-refractivity contribution in [3.63, 3.8) is 0 Å². The molecule has 3 aromatic rings. The van der Waals surface area contributed by atoms with Gasteiger partial charge in [-0.15, -0.1) is 0 Å². The summed E-state index contributed by atoms with van der Waals surface area (Å²) in [4.78, 5) is 27.9. The first-order chi connectivity index (χ1) is 15.7. The second kappa shape index (κ2) is 10.4. The fourth-order valence-electron chi connectivity index (χ4n) is 3.05. The van der Waals surface area contributed by atoms with Gasteiger partial charge in [0.05, 0.1) is 30.4 Å². The van der Waals surface area contributed by atoms with Gasteiger partial charge in [-0.1, -0.05) is 42.1 Å². The monoisotopic (exact) mass is 478 g/mol. The van der Waals surface area contributed by atoms with Gasteiger partial charge in [0.15, 0.2) is 5.16 Å². The molecule has 1 aromatic heterocycles. The van der Waals surface area contributed by atoms with Crippen LogP contribution in [0.3, 0.4) is 0 Å². The zero-order chi connectivity index (χ0) is 24.0. The van der Waals surface area contributed by atoms with E-state index in [1.54, 1.807) is 42.5 Å². The number of amides is 2. The molecule has 0 spiro atoms. The normalized spacial score (nSPS) is 11.2. The molecule has 33 heavy (non-hydrogen) atoms. The van der Waals surface area contributed by atoms with E-state index in [9.17, 15) is 22.8 Å². The molecule has 0 fully saturated rings. The van der Waals surface area contributed by atoms with Crippen molar-refractivity contribution in [2.24, 2.45) is 0 Å². The third kappa shape index (κ3) is 6.75. The summed E-state index contributed by atoms with van der Waals surface area (Å²) in [6.45, 7) is 0.125. The van der Waals surface area contributed by atoms with Crippen LogP contribution in [-0.4, -0.2) is 40.4 Å². The van der Waals surface area contributed by atoms with Gasteiger partial charge >= 0.3 is 6.18 Å². The molecule has 7 nitrogen and oxygen atoms in total. The van der Waals surface area contributed by atoms with E-state index in [0.717, 1.165) is 16.3 Å². The van der Waals surface area contributed by atoms with Gasteiger partial charge in [-0.25, -0.2) is 4.98 Å². The lowest BCUT2D eigenvalue weighted by molar-refractivity contribution is -0.141. The van der Waals surface area contributed by atoms with Gasteiger partial charge in [-0.2, -0.15) is 13.2 Å². The van der Waals surface area contributed by atoms with Gasteiger partial charge in [0.1, 0.15) is 12.3 Å². The van der Waals surface area contributed by atoms with Gasteiger partial charge in [0, 0.05) is 12.6 Å². The number of hydrogen-bond donors (Lipinski definition) is 2. The largest absolute Gasteiger partial charge is 0.495 e. The topological polar surface area (TPSA) is 85.2 Å². The van der Waals surface area contributed by atoms with E-state index >= 15 is 0 Å². The SMILES string of the molecule is COc1ccc(NC(C)=O)cc1NC(=O)CSc1ncc(-c2ccccc2)n1CC(F)(F)F. The third-order valence-corrected chi connectivity index (χ3v) is 5.34. The van der Waals surface area contributed by atoms with E-state index in [-0.39, 0.29) is 16.8 Å². The number of benzene rings is 2. The Balaban J connectivity index is 1.76. The van der Waals surface area contributed by atoms with Crippen molar-refractivity contribution in [1.29, 1.82) is 0 Å². The van der Waals surface area contributed by atoms with Crippen LogP contribution in [0.1, 0.15) is 6.92 Å². The maximum Gasteiger partial charge on any atom is 0.406 e. The quantitative estimate of drug-likeness (QED) is 0.454. The molecule has 0 aliphatic carbocycles. The molecule has 0 saturated carbocycles. The maximum absolute atomic E-state index is 13.2. The Morgan fingerprint density at radius 3 is 2.48 bits per heavy atom. The van der Waals surface area contributed by atoms with Crippen molar-refractivity contribution < 1.29 is 27.5 Å². The minimum absolute atomic E-state index is 0.0697. The lowest BCUT2D eigenvalue weighted by atomic mass is 10.2. The number of nitrogens with zero attached hydrogens (tertiary/aromatic N) is 2. The molecule has 174 valence electrons. The Morgan fingerprint density at radius 2 is 1.85 bits per heavy atom. The Hall–Kier alpha value is -3.47. The van der Waals surface area contributed by atoms with Crippen molar-refractivity contribution in [2.75, 3.05) is 23.5 Å². The van der Waals surface area contributed by atoms with Crippen molar-refractivity contribution in [1.82, 2.24) is 9.55 Å². The van der Waals surface area contributed by atoms with E-state index in [1.807, 2.05) is 0 Å². The zero-order valence-corrected chi connectivity index (χ0v) is 18.6. The lowest BCUT2D eigenvalue weighted by Crippen LogP contribution is -2.20. The molecule has 0 aliphatic rings. The van der Waals surface area contributed by atoms with Crippen molar-refractivity contribution >= 4 is 35.0 Å². The van der Waals surface area contributed by atoms with E-state index < -0.39 is 18.6 Å². The highest BCUT2D eigenvalue weighted by Gasteiger charge is 2.31. The summed E-state index contributed by atoms with van der Waals surface area (Å²) in [5.41, 5.74) is 1.67. The first-order valence-corrected chi connectivity index (χ1v) is 10.7. The first-order valence-electron chi connectivity index (χ1n) is 9.72. The number of anilines is 2. The van der Waals surface area contributed by atoms with Gasteiger partial charge in [-0.05, 0) is 23.8 Å². The summed E-state index contributed by atoms with van der Waals surface area (Å²) in [6.07, 6.45) is -3.10. The molecule has 11 heteroatoms. The van der Waals surface area contributed by atoms with Crippen LogP contribution < -0.4 is 15.4 Å². The summed E-state index contributed by atoms with van der Waals surface area (Å²) in [5, 5.41) is 5.33. The number of halogens is 3. The Labute approximate surface area is 192 Å². The molecule has 0 aliphatic heterocycles. The minimum atomic E-state index is -4.46. The van der Waals surface area contributed by atoms with Gasteiger partial charge in [0.2, 0.25) is 11.8 Å². The molecule has 1 heterocycles. The standard InChI is InChI=1S/C22H21F3N4O3S/c1-14(30)27-16-8-9-19(32-2)17(10-16)28-20(31)12-33-21-26-11-18(15-6-4-3-5-7-15)29(21)13-22(23,24)25/h3-11H,12-13H2,1-2H3,(H,27,30)(H,28,31). The number of imidazole rings is 1. The number of rotatable bonds is 8. The number of hydrogen-bond acceptors (Lipinski definition) is 5. The smallest absolute Gasteiger partial charge is 0.406 e. The van der Waals surface area contributed by atoms with Crippen LogP contribution in [0, 0.1) is 0 Å². The van der Waals surface area contributed by atoms with Gasteiger partial charge in [-0.3, -0.25) is 9.59 Å². The van der Waals surface area contributed by atoms with Crippen LogP contribution in [0.15, 0.2) is 59.9 Å². The highest BCUT2D eigenvalue weighted by molar-refractivity contribution is 7.99. The molecule has 0 radical (unpaired) electrons. The summed E-state index contributed by atoms with van der Waals surface area (Å²) in [7, 11) is 1.43. The predicted octanol–water partition coefficient (Wildman–Crippen LogP) is 4.81. The van der Waals surface area contributed by atoms with Crippen LogP contribution in [0.4, 0.5) is 24.5 Å². The Kier molecular flexibility index (Phi) is 7.64. The molecule has 0 bridgehead atoms. The van der Waals surface area contributed by atoms with E-state index in [2.05, 4.69) is 15.6 Å². The second-order valence-corrected chi connectivity index (χ2v) is 7.87. The van der Waals surface area contributed by atoms with Gasteiger partial charge in [0.25, 0.3) is 0 Å². The number of methoxy groups -OCH3 is 1. The van der Waals surface area contributed by atoms with Crippen LogP contribution >= 0.6 is 11.8 Å². The highest BCUT2D eigenvalue weighted by Crippen LogP contribution is 2.31. The maximum atomic E-state index is 13.2. The molecular weight excluding hydrogens is 457 g/mol. The summed E-state index contributed by atoms with van der Waals surface area (Å²) in [5.74, 6) is -0.566. The average molecular weight is 478 g/mol. The van der Waals surface area contributed by atoms with Crippen molar-refractivity contribution in [3.8, 4) is 17.0 Å². The molecule has 3 rings (SSSR count). The molecule has 2 N–H and O–H groups in total. The van der Waals surface area contributed by atoms with Crippen LogP contribution in [0.5, 0.6) is 5.75 Å². The van der Waals surface area contributed by atoms with E-state index in [1.165, 1.54) is 26.3 Å². The Bertz CT molecular complexity index is 1130. The number of carbonyl (C=O) groups excluding carboxylic acids is 2. The summed E-state index contributed by atoms with van der Waals surface area (Å²) in [6, 6.07) is 13.3. The lowest BCUT2D eigenvalue weighted by Gasteiger charge is -2.15. The molecule has 2 amide bonds. The summed E-state index contributed by atoms with van der Waals surface area (Å²) < 4.78 is 45.9. The number of thioether (sulfide) groups is 1. The minimum Gasteiger partial charge on any atom is -0.495 e.